The number of likely N-dealkylation sites (tertiary alicyclic amines) is 1. The molecule has 236 valence electrons. The van der Waals surface area contributed by atoms with Crippen LogP contribution in [0.4, 0.5) is 19.7 Å². The van der Waals surface area contributed by atoms with E-state index >= 15 is 4.39 Å². The number of rotatable bonds is 4. The molecule has 12 heteroatoms. The first-order valence-electron chi connectivity index (χ1n) is 15.0. The highest BCUT2D eigenvalue weighted by molar-refractivity contribution is 7.13. The Labute approximate surface area is 262 Å². The van der Waals surface area contributed by atoms with Crippen molar-refractivity contribution < 1.29 is 13.5 Å². The molecule has 0 radical (unpaired) electrons. The first-order valence-corrected chi connectivity index (χ1v) is 16.2. The second-order valence-electron chi connectivity index (χ2n) is 10.0. The molecule has 3 saturated heterocycles. The van der Waals surface area contributed by atoms with Crippen LogP contribution in [0, 0.1) is 5.82 Å². The van der Waals surface area contributed by atoms with Gasteiger partial charge < -0.3 is 25.6 Å². The summed E-state index contributed by atoms with van der Waals surface area (Å²) in [5, 5.41) is 4.49. The molecule has 43 heavy (non-hydrogen) atoms. The van der Waals surface area contributed by atoms with Crippen molar-refractivity contribution in [2.24, 2.45) is 0 Å². The molecule has 2 aromatic heterocycles. The minimum absolute atomic E-state index is 0.0275. The van der Waals surface area contributed by atoms with E-state index in [2.05, 4.69) is 43.7 Å². The number of ether oxygens (including phenoxy) is 1. The Morgan fingerprint density at radius 3 is 2.30 bits per heavy atom. The van der Waals surface area contributed by atoms with Crippen LogP contribution in [0.25, 0.3) is 22.8 Å². The summed E-state index contributed by atoms with van der Waals surface area (Å²) in [5.41, 5.74) is 5.85. The average molecular weight is 636 g/mol. The van der Waals surface area contributed by atoms with Gasteiger partial charge in [-0.05, 0) is 64.0 Å². The Bertz CT molecular complexity index is 1500. The van der Waals surface area contributed by atoms with E-state index in [0.29, 0.717) is 23.3 Å². The number of benzene rings is 1. The van der Waals surface area contributed by atoms with Gasteiger partial charge in [0, 0.05) is 36.1 Å². The molecule has 0 aliphatic carbocycles. The number of piperazine rings is 1. The van der Waals surface area contributed by atoms with Gasteiger partial charge in [0.05, 0.1) is 22.0 Å². The van der Waals surface area contributed by atoms with Gasteiger partial charge in [0.25, 0.3) is 0 Å². The number of halogens is 3. The first-order chi connectivity index (χ1) is 20.8. The van der Waals surface area contributed by atoms with Crippen LogP contribution in [0.15, 0.2) is 18.7 Å². The third-order valence-corrected chi connectivity index (χ3v) is 8.47. The maximum Gasteiger partial charge on any atom is 0.318 e. The standard InChI is InChI=1S/C22H21ClF2N6OS.C5H11N.2C2H6/c1-3-15(24)19-16(28-21(26)33-19)7-12-14(23)6-13-18(17(12)25)29-22(32-2)30-20(13)31-8-10-4-5-11(9-31)27-10;1-6-4-2-3-5-6;2*1-2/h3,6-7,10-11,27H,1,4-5,8-9H2,2H3,(H2,26,28);2-5H2,1H3;2*1-2H3/b16-7-,19-15-;;;. The number of methoxy groups -OCH3 is 1. The minimum Gasteiger partial charge on any atom is -0.467 e. The van der Waals surface area contributed by atoms with Crippen molar-refractivity contribution in [3.63, 3.8) is 0 Å². The smallest absolute Gasteiger partial charge is 0.318 e. The van der Waals surface area contributed by atoms with Gasteiger partial charge in [0.15, 0.2) is 10.9 Å². The summed E-state index contributed by atoms with van der Waals surface area (Å²) in [6.07, 6.45) is 7.42. The molecular formula is C31H44ClF2N7OS. The van der Waals surface area contributed by atoms with E-state index in [1.165, 1.54) is 39.1 Å². The van der Waals surface area contributed by atoms with Gasteiger partial charge in [0.1, 0.15) is 17.2 Å². The van der Waals surface area contributed by atoms with Crippen molar-refractivity contribution in [1.82, 2.24) is 25.2 Å². The number of nitrogens with one attached hydrogen (secondary N) is 1. The summed E-state index contributed by atoms with van der Waals surface area (Å²) in [7, 11) is 3.61. The van der Waals surface area contributed by atoms with E-state index in [-0.39, 0.29) is 37.1 Å². The van der Waals surface area contributed by atoms with Crippen LogP contribution in [-0.2, 0) is 0 Å². The highest BCUT2D eigenvalue weighted by Gasteiger charge is 2.34. The van der Waals surface area contributed by atoms with Gasteiger partial charge >= 0.3 is 6.01 Å². The van der Waals surface area contributed by atoms with Crippen molar-refractivity contribution in [1.29, 1.82) is 0 Å². The van der Waals surface area contributed by atoms with Crippen molar-refractivity contribution in [2.45, 2.75) is 65.5 Å². The highest BCUT2D eigenvalue weighted by Crippen LogP contribution is 2.35. The lowest BCUT2D eigenvalue weighted by Crippen LogP contribution is -2.51. The molecule has 3 aromatic rings. The number of nitrogen functional groups attached to an aromatic ring is 1. The minimum atomic E-state index is -0.672. The van der Waals surface area contributed by atoms with Crippen LogP contribution < -0.4 is 30.6 Å². The van der Waals surface area contributed by atoms with E-state index < -0.39 is 11.6 Å². The quantitative estimate of drug-likeness (QED) is 0.401. The predicted molar refractivity (Wildman–Crippen MR) is 177 cm³/mol. The molecule has 2 unspecified atom stereocenters. The lowest BCUT2D eigenvalue weighted by Gasteiger charge is -2.34. The second kappa shape index (κ2) is 16.3. The van der Waals surface area contributed by atoms with Crippen LogP contribution in [0.2, 0.25) is 5.02 Å². The van der Waals surface area contributed by atoms with Gasteiger partial charge in [0.2, 0.25) is 0 Å². The van der Waals surface area contributed by atoms with Gasteiger partial charge in [-0.2, -0.15) is 9.97 Å². The van der Waals surface area contributed by atoms with Crippen LogP contribution in [0.5, 0.6) is 6.01 Å². The monoisotopic (exact) mass is 635 g/mol. The van der Waals surface area contributed by atoms with Gasteiger partial charge in [-0.1, -0.05) is 57.2 Å². The molecule has 3 N–H and O–H groups in total. The Balaban J connectivity index is 0.000000440. The number of hydrogen-bond acceptors (Lipinski definition) is 9. The van der Waals surface area contributed by atoms with Crippen LogP contribution >= 0.6 is 22.9 Å². The second-order valence-corrected chi connectivity index (χ2v) is 11.5. The molecule has 0 saturated carbocycles. The number of nitrogens with two attached hydrogens (primary N) is 1. The lowest BCUT2D eigenvalue weighted by atomic mass is 10.1. The predicted octanol–water partition coefficient (Wildman–Crippen LogP) is 5.27. The maximum atomic E-state index is 15.8. The SMILES string of the molecule is C=C/C(F)=c1/sc(N)n/c1=C\c1c(Cl)cc2c(N3CC4CCC(C3)N4)nc(OC)nc2c1F.CC.CC.CN1CCCC1. The molecule has 2 atom stereocenters. The number of hydrogen-bond donors (Lipinski definition) is 2. The number of nitrogens with zero attached hydrogens (tertiary/aromatic N) is 5. The Hall–Kier alpha value is -2.86. The molecule has 5 heterocycles. The fraction of sp³-hybridized carbons (Fsp3) is 0.516. The van der Waals surface area contributed by atoms with Crippen molar-refractivity contribution in [2.75, 3.05) is 51.0 Å². The fourth-order valence-corrected chi connectivity index (χ4v) is 6.32. The third-order valence-electron chi connectivity index (χ3n) is 7.25. The number of fused-ring (bicyclic) bond motifs is 3. The zero-order chi connectivity index (χ0) is 31.7. The zero-order valence-electron chi connectivity index (χ0n) is 26.0. The summed E-state index contributed by atoms with van der Waals surface area (Å²) in [5.74, 6) is -0.700. The molecule has 0 amide bonds. The van der Waals surface area contributed by atoms with Gasteiger partial charge in [-0.25, -0.2) is 13.8 Å². The lowest BCUT2D eigenvalue weighted by molar-refractivity contribution is 0.380. The molecule has 3 fully saturated rings. The fourth-order valence-electron chi connectivity index (χ4n) is 5.33. The molecule has 8 nitrogen and oxygen atoms in total. The van der Waals surface area contributed by atoms with Crippen molar-refractivity contribution >= 4 is 56.7 Å². The first kappa shape index (κ1) is 34.6. The molecule has 6 rings (SSSR count). The molecule has 0 spiro atoms. The molecule has 3 aliphatic rings. The van der Waals surface area contributed by atoms with Crippen LogP contribution in [0.1, 0.15) is 58.9 Å². The van der Waals surface area contributed by atoms with E-state index in [1.54, 1.807) is 6.07 Å². The highest BCUT2D eigenvalue weighted by atomic mass is 35.5. The number of thiazole rings is 1. The Morgan fingerprint density at radius 2 is 1.77 bits per heavy atom. The Morgan fingerprint density at radius 1 is 1.14 bits per heavy atom. The Kier molecular flexibility index (Phi) is 13.1. The molecule has 3 aliphatic heterocycles. The van der Waals surface area contributed by atoms with Crippen molar-refractivity contribution in [3.8, 4) is 6.01 Å². The van der Waals surface area contributed by atoms with E-state index in [0.717, 1.165) is 43.3 Å². The summed E-state index contributed by atoms with van der Waals surface area (Å²) in [6, 6.07) is 2.41. The largest absolute Gasteiger partial charge is 0.467 e. The number of anilines is 2. The topological polar surface area (TPSA) is 92.4 Å². The summed E-state index contributed by atoms with van der Waals surface area (Å²) in [4.78, 5) is 17.4. The van der Waals surface area contributed by atoms with Crippen molar-refractivity contribution in [3.05, 3.63) is 45.0 Å². The third kappa shape index (κ3) is 8.20. The zero-order valence-corrected chi connectivity index (χ0v) is 27.6. The van der Waals surface area contributed by atoms with Crippen LogP contribution in [-0.4, -0.2) is 72.3 Å². The van der Waals surface area contributed by atoms with Gasteiger partial charge in [-0.15, -0.1) is 0 Å². The van der Waals surface area contributed by atoms with Gasteiger partial charge in [-0.3, -0.25) is 0 Å². The molecule has 2 bridgehead atoms. The summed E-state index contributed by atoms with van der Waals surface area (Å²) in [6.45, 7) is 15.6. The molecular weight excluding hydrogens is 592 g/mol. The number of aromatic nitrogens is 3. The van der Waals surface area contributed by atoms with E-state index in [4.69, 9.17) is 22.1 Å². The van der Waals surface area contributed by atoms with Crippen LogP contribution in [0.3, 0.4) is 0 Å². The number of allylic oxidation sites excluding steroid dienone is 1. The average Bonchev–Trinajstić information content (AvgIpc) is 3.76. The summed E-state index contributed by atoms with van der Waals surface area (Å²) >= 11 is 7.46. The maximum absolute atomic E-state index is 15.8. The van der Waals surface area contributed by atoms with E-state index in [9.17, 15) is 4.39 Å². The summed E-state index contributed by atoms with van der Waals surface area (Å²) < 4.78 is 35.5. The normalized spacial score (nSPS) is 20.4. The molecule has 1 aromatic carbocycles. The van der Waals surface area contributed by atoms with E-state index in [1.807, 2.05) is 27.7 Å².